The molecule has 6 rings (SSSR count). The van der Waals surface area contributed by atoms with E-state index in [0.29, 0.717) is 11.4 Å². The minimum atomic E-state index is -3.77. The zero-order valence-electron chi connectivity index (χ0n) is 29.8. The number of ether oxygens (including phenoxy) is 2. The number of hydrogen-bond donors (Lipinski definition) is 1. The predicted molar refractivity (Wildman–Crippen MR) is 197 cm³/mol. The summed E-state index contributed by atoms with van der Waals surface area (Å²) in [5.41, 5.74) is 2.68. The van der Waals surface area contributed by atoms with Crippen LogP contribution < -0.4 is 10.7 Å². The van der Waals surface area contributed by atoms with Gasteiger partial charge in [-0.1, -0.05) is 19.1 Å². The number of carbonyl (C=O) groups is 1. The molecule has 3 heterocycles. The summed E-state index contributed by atoms with van der Waals surface area (Å²) in [6.45, 7) is 10.5. The quantitative estimate of drug-likeness (QED) is 0.263. The van der Waals surface area contributed by atoms with Gasteiger partial charge in [-0.25, -0.2) is 26.5 Å². The standard InChI is InChI=1S/C37H44N6O7S2/c1-6-29-7-13-32(14-8-29)43-20-19-35(38-30-9-15-33(16-10-30)51(45,46)41-21-25(2)49-26(3)22-41)36(40-43)37(44)39-31-11-17-34(18-12-31)52(47,48)42-23-27(4)50-28(5)24-42/h7-20,25-28H,6,21-24H2,1-5H3,(H,39,44)/t25-,26-,27-,28+/m0/s1. The number of benzene rings is 3. The number of hydrogen-bond acceptors (Lipinski definition) is 9. The van der Waals surface area contributed by atoms with Gasteiger partial charge in [0.05, 0.1) is 50.9 Å². The predicted octanol–water partition coefficient (Wildman–Crippen LogP) is 4.52. The summed E-state index contributed by atoms with van der Waals surface area (Å²) >= 11 is 0. The maximum Gasteiger partial charge on any atom is 0.278 e. The molecule has 0 unspecified atom stereocenters. The van der Waals surface area contributed by atoms with Gasteiger partial charge in [-0.15, -0.1) is 0 Å². The van der Waals surface area contributed by atoms with Gasteiger partial charge < -0.3 is 14.8 Å². The molecule has 2 fully saturated rings. The molecule has 0 radical (unpaired) electrons. The third-order valence-corrected chi connectivity index (χ3v) is 12.6. The van der Waals surface area contributed by atoms with Crippen molar-refractivity contribution in [3.8, 4) is 5.69 Å². The summed E-state index contributed by atoms with van der Waals surface area (Å²) in [5.74, 6) is -0.570. The molecule has 1 aromatic heterocycles. The van der Waals surface area contributed by atoms with Gasteiger partial charge in [-0.05, 0) is 106 Å². The maximum absolute atomic E-state index is 13.8. The van der Waals surface area contributed by atoms with Gasteiger partial charge in [-0.3, -0.25) is 4.79 Å². The molecular formula is C37H44N6O7S2. The third kappa shape index (κ3) is 8.35. The number of amides is 1. The van der Waals surface area contributed by atoms with Gasteiger partial charge in [0.25, 0.3) is 5.91 Å². The van der Waals surface area contributed by atoms with Crippen molar-refractivity contribution in [3.63, 3.8) is 0 Å². The van der Waals surface area contributed by atoms with E-state index in [0.717, 1.165) is 17.7 Å². The van der Waals surface area contributed by atoms with Crippen molar-refractivity contribution >= 4 is 37.3 Å². The fourth-order valence-corrected chi connectivity index (χ4v) is 9.56. The monoisotopic (exact) mass is 748 g/mol. The summed E-state index contributed by atoms with van der Waals surface area (Å²) in [4.78, 5) is 18.8. The Morgan fingerprint density at radius 2 is 1.21 bits per heavy atom. The fourth-order valence-electron chi connectivity index (χ4n) is 6.38. The largest absolute Gasteiger partial charge is 0.373 e. The number of nitrogens with zero attached hydrogens (tertiary/aromatic N) is 5. The van der Waals surface area contributed by atoms with E-state index in [1.165, 1.54) is 45.0 Å². The first kappa shape index (κ1) is 37.5. The van der Waals surface area contributed by atoms with Crippen LogP contribution in [0.15, 0.2) is 99.8 Å². The molecule has 0 bridgehead atoms. The summed E-state index contributed by atoms with van der Waals surface area (Å²) in [6.07, 6.45) is 1.68. The SMILES string of the molecule is CCc1ccc(-n2ccc(=Nc3ccc(S(=O)(=O)N4C[C@H](C)O[C@@H](C)C4)cc3)c(C(=O)Nc3ccc(S(=O)(=O)N4C[C@@H](C)O[C@@H](C)C4)cc3)n2)cc1. The van der Waals surface area contributed by atoms with Crippen molar-refractivity contribution in [2.75, 3.05) is 31.5 Å². The lowest BCUT2D eigenvalue weighted by molar-refractivity contribution is -0.0442. The highest BCUT2D eigenvalue weighted by atomic mass is 32.2. The minimum Gasteiger partial charge on any atom is -0.373 e. The van der Waals surface area contributed by atoms with Crippen molar-refractivity contribution < 1.29 is 31.1 Å². The average Bonchev–Trinajstić information content (AvgIpc) is 3.11. The van der Waals surface area contributed by atoms with Crippen LogP contribution in [-0.2, 0) is 35.9 Å². The minimum absolute atomic E-state index is 0.00282. The van der Waals surface area contributed by atoms with E-state index in [2.05, 4.69) is 22.3 Å². The lowest BCUT2D eigenvalue weighted by Crippen LogP contribution is -2.48. The Labute approximate surface area is 305 Å². The smallest absolute Gasteiger partial charge is 0.278 e. The van der Waals surface area contributed by atoms with Gasteiger partial charge in [0, 0.05) is 38.1 Å². The van der Waals surface area contributed by atoms with E-state index < -0.39 is 26.0 Å². The lowest BCUT2D eigenvalue weighted by Gasteiger charge is -2.34. The van der Waals surface area contributed by atoms with Gasteiger partial charge in [-0.2, -0.15) is 13.7 Å². The Balaban J connectivity index is 1.29. The van der Waals surface area contributed by atoms with Crippen LogP contribution in [0, 0.1) is 0 Å². The molecule has 2 aliphatic heterocycles. The number of rotatable bonds is 9. The normalized spacial score (nSPS) is 22.3. The molecule has 1 amide bonds. The van der Waals surface area contributed by atoms with Crippen molar-refractivity contribution in [1.82, 2.24) is 18.4 Å². The van der Waals surface area contributed by atoms with E-state index >= 15 is 0 Å². The molecule has 1 N–H and O–H groups in total. The van der Waals surface area contributed by atoms with Gasteiger partial charge in [0.1, 0.15) is 0 Å². The van der Waals surface area contributed by atoms with Crippen molar-refractivity contribution in [3.05, 3.63) is 102 Å². The summed E-state index contributed by atoms with van der Waals surface area (Å²) < 4.78 is 69.3. The molecule has 0 aliphatic carbocycles. The van der Waals surface area contributed by atoms with E-state index in [4.69, 9.17) is 9.47 Å². The van der Waals surface area contributed by atoms with Crippen LogP contribution in [0.25, 0.3) is 5.69 Å². The zero-order valence-corrected chi connectivity index (χ0v) is 31.5. The van der Waals surface area contributed by atoms with Gasteiger partial charge in [0.15, 0.2) is 5.69 Å². The first-order valence-corrected chi connectivity index (χ1v) is 20.2. The number of morpholine rings is 2. The van der Waals surface area contributed by atoms with Crippen molar-refractivity contribution in [2.45, 2.75) is 75.2 Å². The Bertz CT molecular complexity index is 2170. The Morgan fingerprint density at radius 1 is 0.731 bits per heavy atom. The topological polar surface area (TPSA) is 152 Å². The van der Waals surface area contributed by atoms with Crippen LogP contribution in [0.2, 0.25) is 0 Å². The summed E-state index contributed by atoms with van der Waals surface area (Å²) in [6, 6.07) is 21.6. The number of aromatic nitrogens is 2. The summed E-state index contributed by atoms with van der Waals surface area (Å²) in [5, 5.41) is 7.72. The molecule has 4 atom stereocenters. The number of carbonyl (C=O) groups excluding carboxylic acids is 1. The summed E-state index contributed by atoms with van der Waals surface area (Å²) in [7, 11) is -7.52. The Hall–Kier alpha value is -4.25. The molecule has 276 valence electrons. The van der Waals surface area contributed by atoms with Crippen LogP contribution in [0.1, 0.15) is 50.7 Å². The van der Waals surface area contributed by atoms with Crippen LogP contribution in [0.4, 0.5) is 11.4 Å². The van der Waals surface area contributed by atoms with Crippen molar-refractivity contribution in [1.29, 1.82) is 0 Å². The second-order valence-corrected chi connectivity index (χ2v) is 17.1. The second kappa shape index (κ2) is 15.4. The molecule has 0 saturated carbocycles. The fraction of sp³-hybridized carbons (Fsp3) is 0.378. The van der Waals surface area contributed by atoms with Gasteiger partial charge >= 0.3 is 0 Å². The van der Waals surface area contributed by atoms with E-state index in [-0.39, 0.29) is 71.4 Å². The molecule has 3 aromatic carbocycles. The molecule has 15 heteroatoms. The van der Waals surface area contributed by atoms with E-state index in [1.807, 2.05) is 52.0 Å². The lowest BCUT2D eigenvalue weighted by atomic mass is 10.1. The molecule has 4 aromatic rings. The van der Waals surface area contributed by atoms with Crippen LogP contribution in [0.3, 0.4) is 0 Å². The first-order chi connectivity index (χ1) is 24.7. The molecule has 0 spiro atoms. The molecule has 52 heavy (non-hydrogen) atoms. The molecular weight excluding hydrogens is 705 g/mol. The maximum atomic E-state index is 13.8. The van der Waals surface area contributed by atoms with Crippen LogP contribution in [0.5, 0.6) is 0 Å². The zero-order chi connectivity index (χ0) is 37.2. The van der Waals surface area contributed by atoms with E-state index in [1.54, 1.807) is 29.1 Å². The Kier molecular flexibility index (Phi) is 11.1. The second-order valence-electron chi connectivity index (χ2n) is 13.3. The Morgan fingerprint density at radius 3 is 1.69 bits per heavy atom. The van der Waals surface area contributed by atoms with Crippen LogP contribution >= 0.6 is 0 Å². The van der Waals surface area contributed by atoms with E-state index in [9.17, 15) is 21.6 Å². The average molecular weight is 749 g/mol. The highest BCUT2D eigenvalue weighted by molar-refractivity contribution is 7.89. The molecule has 2 aliphatic rings. The highest BCUT2D eigenvalue weighted by Gasteiger charge is 2.33. The number of aryl methyl sites for hydroxylation is 1. The van der Waals surface area contributed by atoms with Crippen LogP contribution in [-0.4, -0.2) is 91.7 Å². The molecule has 2 saturated heterocycles. The number of anilines is 1. The number of sulfonamides is 2. The van der Waals surface area contributed by atoms with Crippen molar-refractivity contribution in [2.24, 2.45) is 4.99 Å². The van der Waals surface area contributed by atoms with Gasteiger partial charge in [0.2, 0.25) is 20.0 Å². The highest BCUT2D eigenvalue weighted by Crippen LogP contribution is 2.25. The number of nitrogens with one attached hydrogen (secondary N) is 1. The third-order valence-electron chi connectivity index (χ3n) is 8.89. The first-order valence-electron chi connectivity index (χ1n) is 17.3. The molecule has 13 nitrogen and oxygen atoms in total.